The Morgan fingerprint density at radius 2 is 2.31 bits per heavy atom. The van der Waals surface area contributed by atoms with Crippen molar-refractivity contribution >= 4 is 5.78 Å². The van der Waals surface area contributed by atoms with Crippen LogP contribution in [0.4, 0.5) is 0 Å². The van der Waals surface area contributed by atoms with Crippen molar-refractivity contribution in [3.05, 3.63) is 12.2 Å². The lowest BCUT2D eigenvalue weighted by molar-refractivity contribution is -0.118. The lowest BCUT2D eigenvalue weighted by Crippen LogP contribution is -2.10. The Labute approximate surface area is 78.0 Å². The first-order valence-electron chi connectivity index (χ1n) is 4.66. The third-order valence-electron chi connectivity index (χ3n) is 1.88. The molecule has 0 N–H and O–H groups in total. The van der Waals surface area contributed by atoms with Crippen molar-refractivity contribution in [1.29, 1.82) is 0 Å². The summed E-state index contributed by atoms with van der Waals surface area (Å²) in [7, 11) is 0. The summed E-state index contributed by atoms with van der Waals surface area (Å²) < 4.78 is 1.80. The van der Waals surface area contributed by atoms with E-state index < -0.39 is 0 Å². The number of aromatic nitrogens is 3. The van der Waals surface area contributed by atoms with E-state index in [4.69, 9.17) is 0 Å². The fourth-order valence-electron chi connectivity index (χ4n) is 1.12. The molecule has 0 bridgehead atoms. The minimum absolute atomic E-state index is 0.213. The number of nitrogens with zero attached hydrogens (tertiary/aromatic N) is 3. The third kappa shape index (κ3) is 2.65. The number of ketones is 1. The molecule has 0 saturated carbocycles. The average molecular weight is 181 g/mol. The minimum Gasteiger partial charge on any atom is -0.299 e. The van der Waals surface area contributed by atoms with Crippen LogP contribution in [0.25, 0.3) is 0 Å². The van der Waals surface area contributed by atoms with Crippen molar-refractivity contribution in [2.75, 3.05) is 0 Å². The van der Waals surface area contributed by atoms with Crippen LogP contribution in [0.1, 0.15) is 32.5 Å². The second-order valence-electron chi connectivity index (χ2n) is 2.97. The molecule has 0 atom stereocenters. The molecule has 1 aromatic rings. The molecule has 0 aliphatic rings. The number of hydrogen-bond donors (Lipinski definition) is 0. The van der Waals surface area contributed by atoms with Crippen molar-refractivity contribution in [2.45, 2.75) is 39.7 Å². The molecule has 72 valence electrons. The van der Waals surface area contributed by atoms with Crippen molar-refractivity contribution in [2.24, 2.45) is 0 Å². The molecule has 13 heavy (non-hydrogen) atoms. The van der Waals surface area contributed by atoms with Gasteiger partial charge in [-0.25, -0.2) is 9.67 Å². The quantitative estimate of drug-likeness (QED) is 0.686. The highest BCUT2D eigenvalue weighted by Gasteiger charge is 2.07. The monoisotopic (exact) mass is 181 g/mol. The molecule has 1 aromatic heterocycles. The van der Waals surface area contributed by atoms with Crippen LogP contribution in [0.5, 0.6) is 0 Å². The predicted octanol–water partition coefficient (Wildman–Crippen LogP) is 1.21. The highest BCUT2D eigenvalue weighted by Crippen LogP contribution is 1.99. The summed E-state index contributed by atoms with van der Waals surface area (Å²) in [5.41, 5.74) is 0. The largest absolute Gasteiger partial charge is 0.299 e. The summed E-state index contributed by atoms with van der Waals surface area (Å²) in [5, 5.41) is 4.05. The van der Waals surface area contributed by atoms with Gasteiger partial charge in [0.15, 0.2) is 0 Å². The second kappa shape index (κ2) is 4.74. The first-order chi connectivity index (χ1) is 6.27. The predicted molar refractivity (Wildman–Crippen MR) is 49.3 cm³/mol. The average Bonchev–Trinajstić information content (AvgIpc) is 2.54. The number of Topliss-reactive ketones (excluding diaryl/α,β-unsaturated/α-hetero) is 1. The third-order valence-corrected chi connectivity index (χ3v) is 1.88. The number of carbonyl (C=O) groups excluding carboxylic acids is 1. The smallest absolute Gasteiger partial charge is 0.140 e. The van der Waals surface area contributed by atoms with Gasteiger partial charge >= 0.3 is 0 Å². The number of hydrogen-bond acceptors (Lipinski definition) is 3. The minimum atomic E-state index is 0.213. The van der Waals surface area contributed by atoms with Gasteiger partial charge in [-0.05, 0) is 6.42 Å². The van der Waals surface area contributed by atoms with Gasteiger partial charge < -0.3 is 0 Å². The Bertz CT molecular complexity index is 280. The molecule has 0 aliphatic carbocycles. The Morgan fingerprint density at radius 3 is 2.92 bits per heavy atom. The van der Waals surface area contributed by atoms with Gasteiger partial charge in [0.2, 0.25) is 0 Å². The first-order valence-corrected chi connectivity index (χ1v) is 4.66. The van der Waals surface area contributed by atoms with Crippen LogP contribution >= 0.6 is 0 Å². The fourth-order valence-corrected chi connectivity index (χ4v) is 1.12. The van der Waals surface area contributed by atoms with Crippen LogP contribution in [0.15, 0.2) is 6.33 Å². The first kappa shape index (κ1) is 9.89. The van der Waals surface area contributed by atoms with Gasteiger partial charge in [0.1, 0.15) is 17.9 Å². The van der Waals surface area contributed by atoms with E-state index >= 15 is 0 Å². The van der Waals surface area contributed by atoms with E-state index in [0.29, 0.717) is 12.8 Å². The van der Waals surface area contributed by atoms with E-state index in [2.05, 4.69) is 17.0 Å². The van der Waals surface area contributed by atoms with Gasteiger partial charge in [-0.15, -0.1) is 0 Å². The van der Waals surface area contributed by atoms with Crippen LogP contribution in [-0.2, 0) is 17.8 Å². The summed E-state index contributed by atoms with van der Waals surface area (Å²) in [6.07, 6.45) is 3.50. The van der Waals surface area contributed by atoms with Gasteiger partial charge in [-0.2, -0.15) is 5.10 Å². The number of carbonyl (C=O) groups is 1. The van der Waals surface area contributed by atoms with Crippen LogP contribution in [0, 0.1) is 0 Å². The zero-order valence-corrected chi connectivity index (χ0v) is 8.16. The molecule has 0 radical (unpaired) electrons. The van der Waals surface area contributed by atoms with Gasteiger partial charge in [-0.3, -0.25) is 4.79 Å². The second-order valence-corrected chi connectivity index (χ2v) is 2.97. The van der Waals surface area contributed by atoms with Crippen molar-refractivity contribution in [1.82, 2.24) is 14.8 Å². The highest BCUT2D eigenvalue weighted by atomic mass is 16.1. The lowest BCUT2D eigenvalue weighted by Gasteiger charge is -2.02. The lowest BCUT2D eigenvalue weighted by atomic mass is 10.2. The maximum absolute atomic E-state index is 11.2. The summed E-state index contributed by atoms with van der Waals surface area (Å²) in [6, 6.07) is 0. The van der Waals surface area contributed by atoms with Crippen molar-refractivity contribution in [3.63, 3.8) is 0 Å². The molecular weight excluding hydrogens is 166 g/mol. The van der Waals surface area contributed by atoms with E-state index in [1.54, 1.807) is 4.68 Å². The zero-order chi connectivity index (χ0) is 9.68. The summed E-state index contributed by atoms with van der Waals surface area (Å²) in [4.78, 5) is 15.2. The van der Waals surface area contributed by atoms with Crippen LogP contribution in [0.3, 0.4) is 0 Å². The summed E-state index contributed by atoms with van der Waals surface area (Å²) in [5.74, 6) is 0.999. The number of aryl methyl sites for hydroxylation is 1. The molecule has 4 heteroatoms. The molecule has 0 aliphatic heterocycles. The van der Waals surface area contributed by atoms with E-state index in [1.165, 1.54) is 6.33 Å². The Morgan fingerprint density at radius 1 is 1.54 bits per heavy atom. The van der Waals surface area contributed by atoms with Gasteiger partial charge in [0.05, 0.1) is 6.42 Å². The molecule has 0 saturated heterocycles. The summed E-state index contributed by atoms with van der Waals surface area (Å²) in [6.45, 7) is 4.78. The van der Waals surface area contributed by atoms with Crippen LogP contribution < -0.4 is 0 Å². The Kier molecular flexibility index (Phi) is 3.61. The topological polar surface area (TPSA) is 47.8 Å². The molecule has 0 unspecified atom stereocenters. The standard InChI is InChI=1S/C9H15N3O/c1-3-5-12-9(10-7-11-12)6-8(13)4-2/h7H,3-6H2,1-2H3. The van der Waals surface area contributed by atoms with Crippen molar-refractivity contribution in [3.8, 4) is 0 Å². The van der Waals surface area contributed by atoms with Crippen molar-refractivity contribution < 1.29 is 4.79 Å². The van der Waals surface area contributed by atoms with Crippen LogP contribution in [0.2, 0.25) is 0 Å². The molecule has 4 nitrogen and oxygen atoms in total. The highest BCUT2D eigenvalue weighted by molar-refractivity contribution is 5.79. The molecule has 0 amide bonds. The Balaban J connectivity index is 2.64. The molecule has 1 heterocycles. The molecular formula is C9H15N3O. The molecule has 0 fully saturated rings. The van der Waals surface area contributed by atoms with E-state index in [1.807, 2.05) is 6.92 Å². The normalized spacial score (nSPS) is 10.3. The maximum atomic E-state index is 11.2. The zero-order valence-electron chi connectivity index (χ0n) is 8.16. The SMILES string of the molecule is CCCn1ncnc1CC(=O)CC. The maximum Gasteiger partial charge on any atom is 0.140 e. The van der Waals surface area contributed by atoms with Gasteiger partial charge in [0.25, 0.3) is 0 Å². The van der Waals surface area contributed by atoms with Gasteiger partial charge in [-0.1, -0.05) is 13.8 Å². The molecule has 0 spiro atoms. The van der Waals surface area contributed by atoms with E-state index in [9.17, 15) is 4.79 Å². The Hall–Kier alpha value is -1.19. The number of rotatable bonds is 5. The van der Waals surface area contributed by atoms with Crippen LogP contribution in [-0.4, -0.2) is 20.5 Å². The molecule has 0 aromatic carbocycles. The fraction of sp³-hybridized carbons (Fsp3) is 0.667. The molecule has 1 rings (SSSR count). The van der Waals surface area contributed by atoms with E-state index in [-0.39, 0.29) is 5.78 Å². The van der Waals surface area contributed by atoms with E-state index in [0.717, 1.165) is 18.8 Å². The van der Waals surface area contributed by atoms with Gasteiger partial charge in [0, 0.05) is 13.0 Å². The summed E-state index contributed by atoms with van der Waals surface area (Å²) >= 11 is 0.